The highest BCUT2D eigenvalue weighted by Crippen LogP contribution is 2.24. The molecule has 0 aliphatic heterocycles. The molecule has 1 aromatic heterocycles. The van der Waals surface area contributed by atoms with Crippen LogP contribution in [-0.4, -0.2) is 15.9 Å². The molecular formula is C26H22BrFIN3O2. The second kappa shape index (κ2) is 9.95. The van der Waals surface area contributed by atoms with Crippen molar-refractivity contribution in [3.05, 3.63) is 102 Å². The summed E-state index contributed by atoms with van der Waals surface area (Å²) in [6.07, 6.45) is 1.65. The summed E-state index contributed by atoms with van der Waals surface area (Å²) >= 11 is 5.62. The predicted molar refractivity (Wildman–Crippen MR) is 145 cm³/mol. The van der Waals surface area contributed by atoms with Crippen molar-refractivity contribution in [1.29, 1.82) is 0 Å². The second-order valence-electron chi connectivity index (χ2n) is 8.81. The zero-order valence-electron chi connectivity index (χ0n) is 18.8. The Morgan fingerprint density at radius 3 is 2.53 bits per heavy atom. The summed E-state index contributed by atoms with van der Waals surface area (Å²) < 4.78 is 22.0. The van der Waals surface area contributed by atoms with Gasteiger partial charge < -0.3 is 4.74 Å². The fourth-order valence-electron chi connectivity index (χ4n) is 3.32. The lowest BCUT2D eigenvalue weighted by Gasteiger charge is -2.20. The van der Waals surface area contributed by atoms with Gasteiger partial charge in [0.25, 0.3) is 5.56 Å². The van der Waals surface area contributed by atoms with E-state index in [0.717, 1.165) is 19.2 Å². The minimum atomic E-state index is -0.385. The fourth-order valence-corrected chi connectivity index (χ4v) is 4.38. The Bertz CT molecular complexity index is 1440. The Labute approximate surface area is 219 Å². The Morgan fingerprint density at radius 2 is 1.85 bits per heavy atom. The number of aromatic nitrogens is 2. The van der Waals surface area contributed by atoms with Crippen molar-refractivity contribution in [2.75, 3.05) is 0 Å². The molecule has 0 radical (unpaired) electrons. The van der Waals surface area contributed by atoms with Crippen LogP contribution in [0.15, 0.2) is 75.0 Å². The maximum Gasteiger partial charge on any atom is 0.282 e. The average Bonchev–Trinajstić information content (AvgIpc) is 2.78. The first kappa shape index (κ1) is 24.5. The Kier molecular flexibility index (Phi) is 7.18. The molecular weight excluding hydrogens is 612 g/mol. The summed E-state index contributed by atoms with van der Waals surface area (Å²) in [5.41, 5.74) is 1.74. The van der Waals surface area contributed by atoms with Crippen molar-refractivity contribution in [3.8, 4) is 5.75 Å². The van der Waals surface area contributed by atoms with Crippen LogP contribution in [0.2, 0.25) is 0 Å². The van der Waals surface area contributed by atoms with Gasteiger partial charge in [-0.05, 0) is 82.2 Å². The molecule has 0 amide bonds. The third kappa shape index (κ3) is 5.55. The van der Waals surface area contributed by atoms with Crippen molar-refractivity contribution in [1.82, 2.24) is 9.66 Å². The van der Waals surface area contributed by atoms with Gasteiger partial charge in [0, 0.05) is 9.89 Å². The van der Waals surface area contributed by atoms with E-state index in [9.17, 15) is 9.18 Å². The number of halogens is 3. The van der Waals surface area contributed by atoms with E-state index in [4.69, 9.17) is 9.72 Å². The Morgan fingerprint density at radius 1 is 1.12 bits per heavy atom. The molecule has 3 aromatic carbocycles. The number of ether oxygens (including phenoxy) is 1. The van der Waals surface area contributed by atoms with Crippen molar-refractivity contribution in [3.63, 3.8) is 0 Å². The van der Waals surface area contributed by atoms with Gasteiger partial charge in [0.1, 0.15) is 24.0 Å². The molecule has 4 rings (SSSR count). The molecule has 0 saturated carbocycles. The van der Waals surface area contributed by atoms with E-state index in [2.05, 4.69) is 43.6 Å². The molecule has 0 bridgehead atoms. The van der Waals surface area contributed by atoms with Gasteiger partial charge in [-0.15, -0.1) is 0 Å². The lowest BCUT2D eigenvalue weighted by molar-refractivity contribution is 0.304. The minimum absolute atomic E-state index is 0.221. The molecule has 174 valence electrons. The molecule has 4 aromatic rings. The molecule has 0 atom stereocenters. The van der Waals surface area contributed by atoms with E-state index in [1.165, 1.54) is 16.8 Å². The van der Waals surface area contributed by atoms with Gasteiger partial charge in [0.05, 0.1) is 20.7 Å². The number of benzene rings is 3. The van der Waals surface area contributed by atoms with Crippen molar-refractivity contribution < 1.29 is 9.13 Å². The van der Waals surface area contributed by atoms with Crippen molar-refractivity contribution in [2.24, 2.45) is 5.10 Å². The van der Waals surface area contributed by atoms with Crippen LogP contribution in [0.4, 0.5) is 4.39 Å². The number of hydrogen-bond donors (Lipinski definition) is 0. The molecule has 0 N–H and O–H groups in total. The smallest absolute Gasteiger partial charge is 0.282 e. The van der Waals surface area contributed by atoms with Crippen LogP contribution < -0.4 is 10.3 Å². The summed E-state index contributed by atoms with van der Waals surface area (Å²) in [6, 6.07) is 17.3. The summed E-state index contributed by atoms with van der Waals surface area (Å²) in [4.78, 5) is 18.0. The van der Waals surface area contributed by atoms with Crippen LogP contribution >= 0.6 is 38.5 Å². The van der Waals surface area contributed by atoms with Gasteiger partial charge in [0.15, 0.2) is 0 Å². The topological polar surface area (TPSA) is 56.5 Å². The first-order valence-corrected chi connectivity index (χ1v) is 12.4. The highest BCUT2D eigenvalue weighted by molar-refractivity contribution is 14.1. The normalized spacial score (nSPS) is 11.9. The number of hydrogen-bond acceptors (Lipinski definition) is 4. The second-order valence-corrected chi connectivity index (χ2v) is 10.9. The third-order valence-corrected chi connectivity index (χ3v) is 6.40. The summed E-state index contributed by atoms with van der Waals surface area (Å²) in [7, 11) is 0. The molecule has 0 aliphatic rings. The van der Waals surface area contributed by atoms with E-state index < -0.39 is 0 Å². The highest BCUT2D eigenvalue weighted by Gasteiger charge is 2.22. The monoisotopic (exact) mass is 633 g/mol. The lowest BCUT2D eigenvalue weighted by Crippen LogP contribution is -2.29. The van der Waals surface area contributed by atoms with Gasteiger partial charge in [-0.2, -0.15) is 9.78 Å². The SMILES string of the molecule is CC(C)(C)c1nc2ccc(Br)cc2c(=O)n1N=Cc1ccc(OCc2ccc(F)cc2)c(I)c1. The first-order valence-electron chi connectivity index (χ1n) is 10.6. The van der Waals surface area contributed by atoms with E-state index in [1.807, 2.05) is 51.1 Å². The fraction of sp³-hybridized carbons (Fsp3) is 0.192. The molecule has 34 heavy (non-hydrogen) atoms. The summed E-state index contributed by atoms with van der Waals surface area (Å²) in [5, 5.41) is 5.02. The number of rotatable bonds is 5. The van der Waals surface area contributed by atoms with Gasteiger partial charge in [0.2, 0.25) is 0 Å². The maximum atomic E-state index is 13.3. The van der Waals surface area contributed by atoms with Crippen molar-refractivity contribution >= 4 is 55.6 Å². The van der Waals surface area contributed by atoms with Crippen LogP contribution in [0, 0.1) is 9.39 Å². The molecule has 5 nitrogen and oxygen atoms in total. The van der Waals surface area contributed by atoms with E-state index >= 15 is 0 Å². The van der Waals surface area contributed by atoms with Crippen LogP contribution in [-0.2, 0) is 12.0 Å². The summed E-state index contributed by atoms with van der Waals surface area (Å²) in [6.45, 7) is 6.34. The molecule has 0 aliphatic carbocycles. The molecule has 0 unspecified atom stereocenters. The van der Waals surface area contributed by atoms with E-state index in [1.54, 1.807) is 24.4 Å². The largest absolute Gasteiger partial charge is 0.488 e. The van der Waals surface area contributed by atoms with E-state index in [-0.39, 0.29) is 16.8 Å². The van der Waals surface area contributed by atoms with E-state index in [0.29, 0.717) is 29.1 Å². The number of fused-ring (bicyclic) bond motifs is 1. The quantitative estimate of drug-likeness (QED) is 0.182. The third-order valence-electron chi connectivity index (χ3n) is 5.06. The van der Waals surface area contributed by atoms with Crippen LogP contribution in [0.3, 0.4) is 0 Å². The highest BCUT2D eigenvalue weighted by atomic mass is 127. The summed E-state index contributed by atoms with van der Waals surface area (Å²) in [5.74, 6) is 1.02. The van der Waals surface area contributed by atoms with Crippen molar-refractivity contribution in [2.45, 2.75) is 32.8 Å². The van der Waals surface area contributed by atoms with Gasteiger partial charge in [-0.25, -0.2) is 9.37 Å². The van der Waals surface area contributed by atoms with Crippen LogP contribution in [0.5, 0.6) is 5.75 Å². The standard InChI is InChI=1S/C26H22BrFIN3O2/c1-26(2,3)25-31-22-10-7-18(27)13-20(22)24(33)32(25)30-14-17-6-11-23(21(29)12-17)34-15-16-4-8-19(28)9-5-16/h4-14H,15H2,1-3H3. The molecule has 8 heteroatoms. The zero-order valence-corrected chi connectivity index (χ0v) is 22.6. The molecule has 0 fully saturated rings. The van der Waals surface area contributed by atoms with Gasteiger partial charge in [-0.3, -0.25) is 4.79 Å². The minimum Gasteiger partial charge on any atom is -0.488 e. The predicted octanol–water partition coefficient (Wildman–Crippen LogP) is 6.66. The maximum absolute atomic E-state index is 13.3. The van der Waals surface area contributed by atoms with Gasteiger partial charge >= 0.3 is 0 Å². The van der Waals surface area contributed by atoms with Crippen LogP contribution in [0.25, 0.3) is 10.9 Å². The Hall–Kier alpha value is -2.59. The van der Waals surface area contributed by atoms with Crippen LogP contribution in [0.1, 0.15) is 37.7 Å². The molecule has 0 spiro atoms. The molecule has 0 saturated heterocycles. The average molecular weight is 634 g/mol. The zero-order chi connectivity index (χ0) is 24.5. The first-order chi connectivity index (χ1) is 16.1. The lowest BCUT2D eigenvalue weighted by atomic mass is 9.95. The Balaban J connectivity index is 1.63. The number of nitrogens with zero attached hydrogens (tertiary/aromatic N) is 3. The molecule has 1 heterocycles. The van der Waals surface area contributed by atoms with Gasteiger partial charge in [-0.1, -0.05) is 48.8 Å².